The molecule has 0 bridgehead atoms. The molecule has 1 heterocycles. The Balaban J connectivity index is 1.84. The van der Waals surface area contributed by atoms with Gasteiger partial charge in [-0.25, -0.2) is 4.79 Å². The summed E-state index contributed by atoms with van der Waals surface area (Å²) in [6.07, 6.45) is 2.26. The molecular formula is C18H14O3. The average Bonchev–Trinajstić information content (AvgIpc) is 2.99. The summed E-state index contributed by atoms with van der Waals surface area (Å²) in [5.41, 5.74) is 3.89. The number of hydrogen-bond donors (Lipinski definition) is 1. The predicted octanol–water partition coefficient (Wildman–Crippen LogP) is 4.24. The zero-order chi connectivity index (χ0) is 14.7. The van der Waals surface area contributed by atoms with Gasteiger partial charge in [0.15, 0.2) is 0 Å². The van der Waals surface area contributed by atoms with E-state index in [1.54, 1.807) is 6.07 Å². The second kappa shape index (κ2) is 5.67. The van der Waals surface area contributed by atoms with Crippen LogP contribution < -0.4 is 0 Å². The van der Waals surface area contributed by atoms with Crippen LogP contribution >= 0.6 is 0 Å². The standard InChI is InChI=1S/C18H14O3/c19-18(20)17-16(10-11-21-17)15-8-6-14(7-9-15)12-13-4-2-1-3-5-13/h1-11H,12H2,(H,19,20). The molecule has 0 spiro atoms. The Morgan fingerprint density at radius 1 is 0.905 bits per heavy atom. The Morgan fingerprint density at radius 2 is 1.57 bits per heavy atom. The number of carbonyl (C=O) groups is 1. The fraction of sp³-hybridized carbons (Fsp3) is 0.0556. The van der Waals surface area contributed by atoms with E-state index in [1.165, 1.54) is 17.4 Å². The largest absolute Gasteiger partial charge is 0.475 e. The molecule has 0 unspecified atom stereocenters. The number of rotatable bonds is 4. The molecule has 0 amide bonds. The second-order valence-electron chi connectivity index (χ2n) is 4.83. The minimum absolute atomic E-state index is 0.0224. The molecule has 3 rings (SSSR count). The van der Waals surface area contributed by atoms with Gasteiger partial charge in [-0.1, -0.05) is 54.6 Å². The molecule has 0 saturated heterocycles. The van der Waals surface area contributed by atoms with Crippen molar-refractivity contribution in [3.8, 4) is 11.1 Å². The zero-order valence-electron chi connectivity index (χ0n) is 11.3. The molecule has 0 fully saturated rings. The van der Waals surface area contributed by atoms with Crippen LogP contribution in [-0.2, 0) is 6.42 Å². The van der Waals surface area contributed by atoms with Crippen LogP contribution in [0.2, 0.25) is 0 Å². The van der Waals surface area contributed by atoms with Gasteiger partial charge in [-0.3, -0.25) is 0 Å². The quantitative estimate of drug-likeness (QED) is 0.776. The lowest BCUT2D eigenvalue weighted by molar-refractivity contribution is 0.0663. The van der Waals surface area contributed by atoms with E-state index in [-0.39, 0.29) is 5.76 Å². The summed E-state index contributed by atoms with van der Waals surface area (Å²) in [7, 11) is 0. The molecular weight excluding hydrogens is 264 g/mol. The molecule has 0 aliphatic heterocycles. The summed E-state index contributed by atoms with van der Waals surface area (Å²) in [6, 6.07) is 19.8. The maximum atomic E-state index is 11.1. The highest BCUT2D eigenvalue weighted by Gasteiger charge is 2.15. The van der Waals surface area contributed by atoms with Crippen LogP contribution in [0, 0.1) is 0 Å². The summed E-state index contributed by atoms with van der Waals surface area (Å²) in [4.78, 5) is 11.1. The number of furan rings is 1. The molecule has 1 aromatic heterocycles. The van der Waals surface area contributed by atoms with Gasteiger partial charge >= 0.3 is 5.97 Å². The van der Waals surface area contributed by atoms with E-state index in [9.17, 15) is 4.79 Å². The summed E-state index contributed by atoms with van der Waals surface area (Å²) in [5.74, 6) is -1.07. The molecule has 0 aliphatic rings. The van der Waals surface area contributed by atoms with Gasteiger partial charge in [0.25, 0.3) is 0 Å². The van der Waals surface area contributed by atoms with Crippen molar-refractivity contribution in [1.82, 2.24) is 0 Å². The number of benzene rings is 2. The van der Waals surface area contributed by atoms with E-state index in [0.29, 0.717) is 5.56 Å². The van der Waals surface area contributed by atoms with Crippen molar-refractivity contribution in [3.63, 3.8) is 0 Å². The fourth-order valence-corrected chi connectivity index (χ4v) is 2.34. The van der Waals surface area contributed by atoms with Crippen LogP contribution in [0.1, 0.15) is 21.7 Å². The van der Waals surface area contributed by atoms with E-state index in [2.05, 4.69) is 12.1 Å². The molecule has 0 saturated carbocycles. The van der Waals surface area contributed by atoms with E-state index >= 15 is 0 Å². The monoisotopic (exact) mass is 278 g/mol. The zero-order valence-corrected chi connectivity index (χ0v) is 11.3. The maximum absolute atomic E-state index is 11.1. The van der Waals surface area contributed by atoms with E-state index in [0.717, 1.165) is 12.0 Å². The molecule has 3 nitrogen and oxygen atoms in total. The Bertz CT molecular complexity index is 740. The van der Waals surface area contributed by atoms with Crippen molar-refractivity contribution >= 4 is 5.97 Å². The first-order valence-corrected chi connectivity index (χ1v) is 6.68. The van der Waals surface area contributed by atoms with Gasteiger partial charge in [0.05, 0.1) is 6.26 Å². The van der Waals surface area contributed by atoms with Crippen molar-refractivity contribution in [2.75, 3.05) is 0 Å². The lowest BCUT2D eigenvalue weighted by atomic mass is 10.0. The van der Waals surface area contributed by atoms with Crippen molar-refractivity contribution in [1.29, 1.82) is 0 Å². The van der Waals surface area contributed by atoms with Gasteiger partial charge in [-0.15, -0.1) is 0 Å². The van der Waals surface area contributed by atoms with Crippen molar-refractivity contribution in [2.45, 2.75) is 6.42 Å². The summed E-state index contributed by atoms with van der Waals surface area (Å²) < 4.78 is 5.01. The van der Waals surface area contributed by atoms with Crippen LogP contribution in [-0.4, -0.2) is 11.1 Å². The highest BCUT2D eigenvalue weighted by atomic mass is 16.4. The van der Waals surface area contributed by atoms with Gasteiger partial charge in [0.2, 0.25) is 5.76 Å². The highest BCUT2D eigenvalue weighted by molar-refractivity contribution is 5.93. The van der Waals surface area contributed by atoms with Crippen LogP contribution in [0.3, 0.4) is 0 Å². The molecule has 0 atom stereocenters. The molecule has 1 N–H and O–H groups in total. The Labute approximate surface area is 122 Å². The van der Waals surface area contributed by atoms with Crippen molar-refractivity contribution in [3.05, 3.63) is 83.8 Å². The number of carboxylic acids is 1. The van der Waals surface area contributed by atoms with Crippen LogP contribution in [0.15, 0.2) is 71.3 Å². The Hall–Kier alpha value is -2.81. The van der Waals surface area contributed by atoms with Gasteiger partial charge in [-0.05, 0) is 29.2 Å². The first kappa shape index (κ1) is 13.2. The lowest BCUT2D eigenvalue weighted by Crippen LogP contribution is -1.96. The van der Waals surface area contributed by atoms with Gasteiger partial charge in [0.1, 0.15) is 0 Å². The highest BCUT2D eigenvalue weighted by Crippen LogP contribution is 2.25. The topological polar surface area (TPSA) is 50.4 Å². The van der Waals surface area contributed by atoms with Crippen LogP contribution in [0.5, 0.6) is 0 Å². The summed E-state index contributed by atoms with van der Waals surface area (Å²) in [5, 5.41) is 9.07. The van der Waals surface area contributed by atoms with E-state index in [1.807, 2.05) is 42.5 Å². The van der Waals surface area contributed by atoms with Crippen LogP contribution in [0.25, 0.3) is 11.1 Å². The predicted molar refractivity (Wildman–Crippen MR) is 80.4 cm³/mol. The first-order chi connectivity index (χ1) is 10.2. The molecule has 0 aliphatic carbocycles. The molecule has 2 aromatic carbocycles. The van der Waals surface area contributed by atoms with Gasteiger partial charge in [0, 0.05) is 5.56 Å². The number of carboxylic acid groups (broad SMARTS) is 1. The number of hydrogen-bond acceptors (Lipinski definition) is 2. The second-order valence-corrected chi connectivity index (χ2v) is 4.83. The van der Waals surface area contributed by atoms with Crippen LogP contribution in [0.4, 0.5) is 0 Å². The first-order valence-electron chi connectivity index (χ1n) is 6.68. The number of aromatic carboxylic acids is 1. The molecule has 3 heteroatoms. The normalized spacial score (nSPS) is 10.5. The third-order valence-electron chi connectivity index (χ3n) is 3.38. The minimum Gasteiger partial charge on any atom is -0.475 e. The van der Waals surface area contributed by atoms with Crippen molar-refractivity contribution in [2.24, 2.45) is 0 Å². The third kappa shape index (κ3) is 2.87. The van der Waals surface area contributed by atoms with Gasteiger partial charge < -0.3 is 9.52 Å². The third-order valence-corrected chi connectivity index (χ3v) is 3.38. The maximum Gasteiger partial charge on any atom is 0.372 e. The SMILES string of the molecule is O=C(O)c1occc1-c1ccc(Cc2ccccc2)cc1. The minimum atomic E-state index is -1.05. The molecule has 104 valence electrons. The van der Waals surface area contributed by atoms with E-state index < -0.39 is 5.97 Å². The fourth-order valence-electron chi connectivity index (χ4n) is 2.34. The average molecular weight is 278 g/mol. The summed E-state index contributed by atoms with van der Waals surface area (Å²) in [6.45, 7) is 0. The lowest BCUT2D eigenvalue weighted by Gasteiger charge is -2.04. The Morgan fingerprint density at radius 3 is 2.24 bits per heavy atom. The summed E-state index contributed by atoms with van der Waals surface area (Å²) >= 11 is 0. The smallest absolute Gasteiger partial charge is 0.372 e. The Kier molecular flexibility index (Phi) is 3.56. The van der Waals surface area contributed by atoms with E-state index in [4.69, 9.17) is 9.52 Å². The molecule has 3 aromatic rings. The van der Waals surface area contributed by atoms with Crippen molar-refractivity contribution < 1.29 is 14.3 Å². The molecule has 0 radical (unpaired) electrons. The van der Waals surface area contributed by atoms with Gasteiger partial charge in [-0.2, -0.15) is 0 Å². The molecule has 21 heavy (non-hydrogen) atoms.